The number of carboxylic acid groups (broad SMARTS) is 1. The van der Waals surface area contributed by atoms with Crippen LogP contribution >= 0.6 is 0 Å². The molecular weight excluding hydrogens is 1250 g/mol. The van der Waals surface area contributed by atoms with Crippen LogP contribution in [0.25, 0.3) is 10.9 Å². The number of nitrogens with two attached hydrogens (primary N) is 2. The van der Waals surface area contributed by atoms with Crippen molar-refractivity contribution >= 4 is 87.8 Å². The van der Waals surface area contributed by atoms with Gasteiger partial charge < -0.3 is 94.4 Å². The van der Waals surface area contributed by atoms with Gasteiger partial charge in [-0.15, -0.1) is 0 Å². The topological polar surface area (TPSA) is 494 Å². The number of para-hydroxylation sites is 1. The first kappa shape index (κ1) is 77.7. The molecule has 0 radical (unpaired) electrons. The Labute approximate surface area is 557 Å². The van der Waals surface area contributed by atoms with Crippen molar-refractivity contribution in [2.75, 3.05) is 26.3 Å². The maximum atomic E-state index is 14.6. The molecule has 0 spiro atoms. The molecule has 18 N–H and O–H groups in total. The van der Waals surface area contributed by atoms with Crippen molar-refractivity contribution in [3.63, 3.8) is 0 Å². The van der Waals surface area contributed by atoms with Crippen LogP contribution < -0.4 is 59.3 Å². The monoisotopic (exact) mass is 1350 g/mol. The molecule has 3 aromatic rings. The fourth-order valence-electron chi connectivity index (χ4n) is 11.5. The van der Waals surface area contributed by atoms with Crippen LogP contribution in [0.15, 0.2) is 43.0 Å². The van der Waals surface area contributed by atoms with Crippen LogP contribution in [-0.4, -0.2) is 216 Å². The summed E-state index contributed by atoms with van der Waals surface area (Å²) in [7, 11) is 0. The third-order valence-electron chi connectivity index (χ3n) is 16.6. The normalized spacial score (nSPS) is 17.8. The van der Waals surface area contributed by atoms with Gasteiger partial charge in [0, 0.05) is 61.3 Å². The Morgan fingerprint density at radius 3 is 1.70 bits per heavy atom. The number of aromatic nitrogens is 3. The fourth-order valence-corrected chi connectivity index (χ4v) is 11.5. The largest absolute Gasteiger partial charge is 0.480 e. The number of aromatic amines is 2. The number of hydrogen-bond donors (Lipinski definition) is 16. The van der Waals surface area contributed by atoms with Gasteiger partial charge in [0.25, 0.3) is 0 Å². The van der Waals surface area contributed by atoms with Crippen molar-refractivity contribution in [3.8, 4) is 0 Å². The molecule has 12 atom stereocenters. The van der Waals surface area contributed by atoms with Crippen LogP contribution in [0, 0.1) is 23.7 Å². The first-order valence-electron chi connectivity index (χ1n) is 32.7. The van der Waals surface area contributed by atoms with E-state index in [0.717, 1.165) is 10.9 Å². The van der Waals surface area contributed by atoms with Gasteiger partial charge in [0.15, 0.2) is 0 Å². The number of nitrogens with one attached hydrogen (secondary N) is 11. The summed E-state index contributed by atoms with van der Waals surface area (Å²) in [4.78, 5) is 191. The predicted molar refractivity (Wildman–Crippen MR) is 348 cm³/mol. The average Bonchev–Trinajstić information content (AvgIpc) is 1.63. The average molecular weight is 1350 g/mol. The summed E-state index contributed by atoms with van der Waals surface area (Å²) >= 11 is 0. The molecule has 2 aliphatic heterocycles. The van der Waals surface area contributed by atoms with Crippen LogP contribution in [0.2, 0.25) is 0 Å². The Kier molecular flexibility index (Phi) is 29.7. The first-order valence-corrected chi connectivity index (χ1v) is 32.7. The molecule has 2 aromatic heterocycles. The summed E-state index contributed by atoms with van der Waals surface area (Å²) in [5.74, 6) is -12.1. The van der Waals surface area contributed by atoms with Crippen LogP contribution in [0.5, 0.6) is 0 Å². The Morgan fingerprint density at radius 2 is 1.09 bits per heavy atom. The number of aliphatic hydroxyl groups is 2. The van der Waals surface area contributed by atoms with Gasteiger partial charge in [0.2, 0.25) is 70.9 Å². The van der Waals surface area contributed by atoms with E-state index < -0.39 is 181 Å². The molecule has 530 valence electrons. The van der Waals surface area contributed by atoms with E-state index >= 15 is 0 Å². The van der Waals surface area contributed by atoms with E-state index in [2.05, 4.69) is 62.8 Å². The van der Waals surface area contributed by atoms with Crippen molar-refractivity contribution in [2.45, 2.75) is 205 Å². The number of aliphatic hydroxyl groups excluding tert-OH is 2. The van der Waals surface area contributed by atoms with Crippen LogP contribution in [0.4, 0.5) is 0 Å². The Bertz CT molecular complexity index is 3210. The number of benzene rings is 1. The second-order valence-corrected chi connectivity index (χ2v) is 26.3. The third-order valence-corrected chi connectivity index (χ3v) is 16.6. The number of likely N-dealkylation sites (tertiary alicyclic amines) is 2. The summed E-state index contributed by atoms with van der Waals surface area (Å²) in [5, 5.41) is 53.9. The summed E-state index contributed by atoms with van der Waals surface area (Å²) in [5.41, 5.74) is 12.9. The van der Waals surface area contributed by atoms with Gasteiger partial charge in [0.1, 0.15) is 72.5 Å². The molecule has 0 bridgehead atoms. The van der Waals surface area contributed by atoms with Crippen LogP contribution in [0.1, 0.15) is 131 Å². The molecular formula is C64H98N16O16. The minimum Gasteiger partial charge on any atom is -0.480 e. The zero-order chi connectivity index (χ0) is 71.2. The molecule has 0 unspecified atom stereocenters. The molecule has 12 amide bonds. The number of carbonyl (C=O) groups is 13. The Morgan fingerprint density at radius 1 is 0.573 bits per heavy atom. The second kappa shape index (κ2) is 36.7. The SMILES string of the molecule is CC(C)C[C@H](NC(=O)[C@@H](NC(=O)[C@@H]1CCCN1C(=O)[C@@H]1CCCN1C(=O)[C@H](CC(C)C)NC(=O)[C@H](CO)NC(=O)[C@H](CC(C)C)NC(=O)[C@H](Cc1cnc[nH]1)NC(=O)[C@H](CCC(N)=O)NC(=O)[C@H](C)NC(=O)[C@H](Cc1c[nH]c2ccccc12)NC(=O)[C@@H](N)CO)C(C)C)C(=O)O. The molecule has 5 rings (SSSR count). The lowest BCUT2D eigenvalue weighted by Crippen LogP contribution is -2.61. The second-order valence-electron chi connectivity index (χ2n) is 26.3. The number of hydrogen-bond acceptors (Lipinski definition) is 17. The number of fused-ring (bicyclic) bond motifs is 1. The van der Waals surface area contributed by atoms with Gasteiger partial charge in [-0.05, 0) is 93.6 Å². The number of imidazole rings is 1. The maximum Gasteiger partial charge on any atom is 0.326 e. The van der Waals surface area contributed by atoms with Crippen LogP contribution in [-0.2, 0) is 75.2 Å². The predicted octanol–water partition coefficient (Wildman–Crippen LogP) is -2.50. The lowest BCUT2D eigenvalue weighted by Gasteiger charge is -2.34. The summed E-state index contributed by atoms with van der Waals surface area (Å²) in [6, 6.07) is -8.85. The zero-order valence-electron chi connectivity index (χ0n) is 56.0. The van der Waals surface area contributed by atoms with Gasteiger partial charge in [0.05, 0.1) is 19.5 Å². The highest BCUT2D eigenvalue weighted by molar-refractivity contribution is 6.00. The van der Waals surface area contributed by atoms with Crippen molar-refractivity contribution < 1.29 is 77.6 Å². The minimum atomic E-state index is -1.70. The highest BCUT2D eigenvalue weighted by Crippen LogP contribution is 2.27. The standard InChI is InChI=1S/C64H98N16O16/c1-32(2)22-43(57(88)77-48(30-82)59(90)75-46(23-33(3)4)62(93)80-21-13-17-50(80)63(94)79-20-12-16-49(79)60(91)78-52(35(7)8)61(92)76-47(64(95)96)24-34(5)6)73-58(89)45(26-38-28-67-31-69-38)74-55(86)42(18-19-51(66)83)71-53(84)36(9)70-56(87)44(72-54(85)40(65)29-81)25-37-27-68-41-15-11-10-14-39(37)41/h10-11,14-15,27-28,31-36,40,42-50,52,68,81-82H,12-13,16-26,29-30,65H2,1-9H3,(H2,66,83)(H,67,69)(H,70,87)(H,71,84)(H,72,85)(H,73,89)(H,74,86)(H,75,90)(H,76,92)(H,77,88)(H,78,91)(H,95,96)/t36-,40-,42-,43-,44-,45-,46-,47-,48-,49-,50-,52-/m0/s1. The van der Waals surface area contributed by atoms with E-state index in [1.165, 1.54) is 29.2 Å². The molecule has 1 aromatic carbocycles. The lowest BCUT2D eigenvalue weighted by atomic mass is 10.00. The highest BCUT2D eigenvalue weighted by atomic mass is 16.4. The van der Waals surface area contributed by atoms with E-state index in [9.17, 15) is 77.6 Å². The molecule has 4 heterocycles. The molecule has 0 saturated carbocycles. The maximum absolute atomic E-state index is 14.6. The van der Waals surface area contributed by atoms with Gasteiger partial charge in [-0.25, -0.2) is 9.78 Å². The Hall–Kier alpha value is -9.04. The Balaban J connectivity index is 1.28. The number of H-pyrrole nitrogens is 2. The van der Waals surface area contributed by atoms with Crippen molar-refractivity contribution in [1.82, 2.24) is 72.6 Å². The van der Waals surface area contributed by atoms with Gasteiger partial charge in [-0.3, -0.25) is 57.5 Å². The lowest BCUT2D eigenvalue weighted by molar-refractivity contribution is -0.148. The molecule has 0 aliphatic carbocycles. The summed E-state index contributed by atoms with van der Waals surface area (Å²) in [6.45, 7) is 13.9. The highest BCUT2D eigenvalue weighted by Gasteiger charge is 2.45. The van der Waals surface area contributed by atoms with Gasteiger partial charge in [-0.1, -0.05) is 73.6 Å². The van der Waals surface area contributed by atoms with Crippen molar-refractivity contribution in [3.05, 3.63) is 54.2 Å². The number of carboxylic acids is 1. The van der Waals surface area contributed by atoms with E-state index in [-0.39, 0.29) is 75.8 Å². The van der Waals surface area contributed by atoms with E-state index in [1.807, 2.05) is 19.9 Å². The molecule has 2 aliphatic rings. The molecule has 32 nitrogen and oxygen atoms in total. The zero-order valence-corrected chi connectivity index (χ0v) is 56.0. The number of aliphatic carboxylic acids is 1. The number of carbonyl (C=O) groups excluding carboxylic acids is 12. The van der Waals surface area contributed by atoms with Crippen LogP contribution in [0.3, 0.4) is 0 Å². The minimum absolute atomic E-state index is 0.0522. The van der Waals surface area contributed by atoms with Gasteiger partial charge >= 0.3 is 5.97 Å². The number of rotatable bonds is 37. The smallest absolute Gasteiger partial charge is 0.326 e. The van der Waals surface area contributed by atoms with E-state index in [4.69, 9.17) is 11.5 Å². The molecule has 2 saturated heterocycles. The number of amides is 12. The van der Waals surface area contributed by atoms with Gasteiger partial charge in [-0.2, -0.15) is 0 Å². The first-order chi connectivity index (χ1) is 45.3. The third kappa shape index (κ3) is 22.6. The van der Waals surface area contributed by atoms with E-state index in [0.29, 0.717) is 24.1 Å². The molecule has 32 heteroatoms. The summed E-state index contributed by atoms with van der Waals surface area (Å²) in [6.07, 6.45) is 4.59. The van der Waals surface area contributed by atoms with E-state index in [1.54, 1.807) is 65.9 Å². The fraction of sp³-hybridized carbons (Fsp3) is 0.625. The van der Waals surface area contributed by atoms with Crippen molar-refractivity contribution in [2.24, 2.45) is 35.1 Å². The van der Waals surface area contributed by atoms with Crippen molar-refractivity contribution in [1.29, 1.82) is 0 Å². The molecule has 2 fully saturated rings. The quantitative estimate of drug-likeness (QED) is 0.0284. The number of primary amides is 1. The number of nitrogens with zero attached hydrogens (tertiary/aromatic N) is 3. The molecule has 96 heavy (non-hydrogen) atoms. The summed E-state index contributed by atoms with van der Waals surface area (Å²) < 4.78 is 0.